The van der Waals surface area contributed by atoms with Gasteiger partial charge in [-0.2, -0.15) is 0 Å². The Kier molecular flexibility index (Phi) is 8.48. The molecule has 0 aliphatic rings. The van der Waals surface area contributed by atoms with Crippen molar-refractivity contribution in [3.63, 3.8) is 0 Å². The van der Waals surface area contributed by atoms with Crippen LogP contribution in [0.25, 0.3) is 76.1 Å². The van der Waals surface area contributed by atoms with Crippen LogP contribution in [0.2, 0.25) is 0 Å². The molecule has 0 aliphatic heterocycles. The quantitative estimate of drug-likeness (QED) is 0.0937. The van der Waals surface area contributed by atoms with Crippen molar-refractivity contribution in [1.82, 2.24) is 0 Å². The first-order valence-electron chi connectivity index (χ1n) is 19.1. The van der Waals surface area contributed by atoms with E-state index in [0.29, 0.717) is 5.84 Å². The summed E-state index contributed by atoms with van der Waals surface area (Å²) in [4.78, 5) is 5.27. The topological polar surface area (TPSA) is 52.8 Å². The number of nitrogens with zero attached hydrogens (tertiary/aromatic N) is 1. The Labute approximate surface area is 325 Å². The third-order valence-electron chi connectivity index (χ3n) is 11.0. The molecule has 0 fully saturated rings. The molecule has 3 nitrogen and oxygen atoms in total. The fraction of sp³-hybridized carbons (Fsp3) is 0.0189. The van der Waals surface area contributed by atoms with Crippen LogP contribution < -0.4 is 5.32 Å². The fourth-order valence-electron chi connectivity index (χ4n) is 8.34. The molecule has 0 saturated carbocycles. The Morgan fingerprint density at radius 1 is 0.446 bits per heavy atom. The van der Waals surface area contributed by atoms with Gasteiger partial charge in [-0.1, -0.05) is 158 Å². The summed E-state index contributed by atoms with van der Waals surface area (Å²) in [5.41, 5.74) is 7.50. The van der Waals surface area contributed by atoms with E-state index in [4.69, 9.17) is 10.4 Å². The van der Waals surface area contributed by atoms with Crippen LogP contribution in [0.1, 0.15) is 22.9 Å². The van der Waals surface area contributed by atoms with Gasteiger partial charge < -0.3 is 0 Å². The Morgan fingerprint density at radius 2 is 1.00 bits per heavy atom. The van der Waals surface area contributed by atoms with Crippen LogP contribution in [-0.4, -0.2) is 12.1 Å². The summed E-state index contributed by atoms with van der Waals surface area (Å²) in [6.45, 7) is 0. The maximum absolute atomic E-state index is 9.07. The van der Waals surface area contributed by atoms with E-state index in [1.54, 1.807) is 0 Å². The van der Waals surface area contributed by atoms with Crippen LogP contribution >= 0.6 is 0 Å². The minimum absolute atomic E-state index is 0.364. The minimum atomic E-state index is -0.364. The number of nitrogens with one attached hydrogen (secondary N) is 1. The zero-order chi connectivity index (χ0) is 37.4. The number of rotatable bonds is 7. The summed E-state index contributed by atoms with van der Waals surface area (Å²) in [5, 5.41) is 23.4. The molecular formula is C53H38N3+. The minimum Gasteiger partial charge on any atom is -0.272 e. The Hall–Kier alpha value is -7.20. The van der Waals surface area contributed by atoms with Crippen molar-refractivity contribution in [3.8, 4) is 22.3 Å². The second-order valence-electron chi connectivity index (χ2n) is 14.5. The van der Waals surface area contributed by atoms with Crippen LogP contribution in [0.5, 0.6) is 0 Å². The normalized spacial score (nSPS) is 12.3. The van der Waals surface area contributed by atoms with Crippen LogP contribution in [0.4, 0.5) is 0 Å². The van der Waals surface area contributed by atoms with Gasteiger partial charge in [0.25, 0.3) is 0 Å². The average molecular weight is 717 g/mol. The molecule has 1 atom stereocenters. The lowest BCUT2D eigenvalue weighted by Gasteiger charge is -2.17. The number of hydrogen-bond donors (Lipinski definition) is 2. The monoisotopic (exact) mass is 716 g/mol. The number of nitrogens with two attached hydrogens (primary N) is 1. The van der Waals surface area contributed by atoms with Crippen molar-refractivity contribution in [2.75, 3.05) is 0 Å². The van der Waals surface area contributed by atoms with E-state index < -0.39 is 0 Å². The molecule has 0 spiro atoms. The highest BCUT2D eigenvalue weighted by Crippen LogP contribution is 2.43. The lowest BCUT2D eigenvalue weighted by molar-refractivity contribution is -0.586. The first kappa shape index (κ1) is 33.4. The molecule has 10 aromatic carbocycles. The molecular weight excluding hydrogens is 679 g/mol. The van der Waals surface area contributed by atoms with Gasteiger partial charge in [0.1, 0.15) is 0 Å². The van der Waals surface area contributed by atoms with Crippen molar-refractivity contribution in [3.05, 3.63) is 217 Å². The Balaban J connectivity index is 1.17. The standard InChI is InChI=1S/C53H37N3/c54-52(38-18-5-2-6-19-38)56-53(40-28-27-37-17-7-8-20-39(37)31-40)55-34-35-29-41(36-15-3-1-4-16-36)32-42(30-35)49-33-50-45-23-10-9-21-43(45)44-22-11-13-25-47(44)51(50)48-26-14-12-24-46(48)49/h1-34,53H,(H2,54,56)/p+1/b55-34+. The van der Waals surface area contributed by atoms with Crippen LogP contribution in [0, 0.1) is 5.41 Å². The fourth-order valence-corrected chi connectivity index (χ4v) is 8.34. The van der Waals surface area contributed by atoms with Crippen molar-refractivity contribution >= 4 is 65.9 Å². The molecule has 1 unspecified atom stereocenters. The SMILES string of the molecule is N=C([NH2+]C(/N=C/c1cc(-c2ccccc2)cc(-c2cc3c4ccccc4c4ccccc4c3c3ccccc23)c1)c1ccc2ccccc2c1)c1ccccc1. The molecule has 0 amide bonds. The second-order valence-corrected chi connectivity index (χ2v) is 14.5. The summed E-state index contributed by atoms with van der Waals surface area (Å²) < 4.78 is 0. The second kappa shape index (κ2) is 14.2. The van der Waals surface area contributed by atoms with E-state index in [-0.39, 0.29) is 6.17 Å². The van der Waals surface area contributed by atoms with E-state index in [2.05, 4.69) is 170 Å². The number of aliphatic imine (C=N–C) groups is 1. The molecule has 264 valence electrons. The zero-order valence-corrected chi connectivity index (χ0v) is 30.7. The maximum Gasteiger partial charge on any atom is 0.226 e. The largest absolute Gasteiger partial charge is 0.272 e. The van der Waals surface area contributed by atoms with Gasteiger partial charge in [-0.05, 0) is 124 Å². The van der Waals surface area contributed by atoms with Gasteiger partial charge in [-0.3, -0.25) is 10.7 Å². The van der Waals surface area contributed by atoms with Gasteiger partial charge >= 0.3 is 0 Å². The smallest absolute Gasteiger partial charge is 0.226 e. The lowest BCUT2D eigenvalue weighted by atomic mass is 9.86. The van der Waals surface area contributed by atoms with E-state index in [1.807, 2.05) is 41.9 Å². The maximum atomic E-state index is 9.07. The van der Waals surface area contributed by atoms with Gasteiger partial charge in [0.2, 0.25) is 12.0 Å². The van der Waals surface area contributed by atoms with E-state index >= 15 is 0 Å². The zero-order valence-electron chi connectivity index (χ0n) is 30.7. The summed E-state index contributed by atoms with van der Waals surface area (Å²) in [6, 6.07) is 71.1. The predicted octanol–water partition coefficient (Wildman–Crippen LogP) is 12.5. The van der Waals surface area contributed by atoms with E-state index in [1.165, 1.54) is 54.0 Å². The highest BCUT2D eigenvalue weighted by atomic mass is 15.1. The van der Waals surface area contributed by atoms with Crippen LogP contribution in [0.15, 0.2) is 205 Å². The van der Waals surface area contributed by atoms with Gasteiger partial charge in [0.15, 0.2) is 0 Å². The van der Waals surface area contributed by atoms with Gasteiger partial charge in [-0.25, -0.2) is 4.99 Å². The summed E-state index contributed by atoms with van der Waals surface area (Å²) in [5.74, 6) is 0.446. The highest BCUT2D eigenvalue weighted by molar-refractivity contribution is 6.33. The molecule has 0 aromatic heterocycles. The molecule has 3 N–H and O–H groups in total. The van der Waals surface area contributed by atoms with E-state index in [9.17, 15) is 0 Å². The molecule has 10 rings (SSSR count). The van der Waals surface area contributed by atoms with E-state index in [0.717, 1.165) is 38.8 Å². The van der Waals surface area contributed by atoms with Crippen LogP contribution in [0.3, 0.4) is 0 Å². The van der Waals surface area contributed by atoms with Gasteiger partial charge in [0.05, 0.1) is 5.56 Å². The lowest BCUT2D eigenvalue weighted by Crippen LogP contribution is -2.88. The molecule has 0 saturated heterocycles. The first-order valence-corrected chi connectivity index (χ1v) is 19.1. The third-order valence-corrected chi connectivity index (χ3v) is 11.0. The van der Waals surface area contributed by atoms with Gasteiger partial charge in [0, 0.05) is 11.8 Å². The molecule has 56 heavy (non-hydrogen) atoms. The molecule has 0 aliphatic carbocycles. The van der Waals surface area contributed by atoms with Crippen molar-refractivity contribution in [2.45, 2.75) is 6.17 Å². The van der Waals surface area contributed by atoms with Crippen LogP contribution in [-0.2, 0) is 0 Å². The molecule has 0 radical (unpaired) electrons. The summed E-state index contributed by atoms with van der Waals surface area (Å²) in [7, 11) is 0. The molecule has 0 bridgehead atoms. The molecule has 3 heteroatoms. The summed E-state index contributed by atoms with van der Waals surface area (Å²) in [6.07, 6.45) is 1.63. The number of nitrogen functional groups attached to an aromatic ring is 1. The number of amidine groups is 1. The number of hydrogen-bond acceptors (Lipinski definition) is 2. The number of benzene rings is 10. The molecule has 10 aromatic rings. The average Bonchev–Trinajstić information content (AvgIpc) is 3.27. The molecule has 0 heterocycles. The number of quaternary nitrogens is 1. The predicted molar refractivity (Wildman–Crippen MR) is 237 cm³/mol. The Morgan fingerprint density at radius 3 is 1.73 bits per heavy atom. The summed E-state index contributed by atoms with van der Waals surface area (Å²) >= 11 is 0. The first-order chi connectivity index (χ1) is 27.7. The van der Waals surface area contributed by atoms with Gasteiger partial charge in [-0.15, -0.1) is 0 Å². The Bertz CT molecular complexity index is 3130. The van der Waals surface area contributed by atoms with Crippen molar-refractivity contribution in [2.24, 2.45) is 4.99 Å². The van der Waals surface area contributed by atoms with Crippen molar-refractivity contribution < 1.29 is 5.32 Å². The highest BCUT2D eigenvalue weighted by Gasteiger charge is 2.19. The van der Waals surface area contributed by atoms with Crippen molar-refractivity contribution in [1.29, 1.82) is 5.41 Å². The number of fused-ring (bicyclic) bond motifs is 9. The third kappa shape index (κ3) is 6.11.